The Hall–Kier alpha value is -2.00. The van der Waals surface area contributed by atoms with Gasteiger partial charge in [-0.2, -0.15) is 0 Å². The van der Waals surface area contributed by atoms with Crippen molar-refractivity contribution in [2.24, 2.45) is 0 Å². The number of nitrogens with one attached hydrogen (secondary N) is 1. The van der Waals surface area contributed by atoms with Gasteiger partial charge in [0.15, 0.2) is 0 Å². The first-order chi connectivity index (χ1) is 9.54. The topological polar surface area (TPSA) is 55.1 Å². The van der Waals surface area contributed by atoms with Gasteiger partial charge in [-0.3, -0.25) is 4.79 Å². The largest absolute Gasteiger partial charge is 0.399 e. The summed E-state index contributed by atoms with van der Waals surface area (Å²) in [5, 5.41) is 3.27. The van der Waals surface area contributed by atoms with E-state index in [1.165, 1.54) is 5.56 Å². The van der Waals surface area contributed by atoms with Gasteiger partial charge in [0, 0.05) is 12.1 Å². The smallest absolute Gasteiger partial charge is 0.224 e. The number of hydrogen-bond donors (Lipinski definition) is 2. The van der Waals surface area contributed by atoms with Gasteiger partial charge in [-0.05, 0) is 37.1 Å². The van der Waals surface area contributed by atoms with Crippen molar-refractivity contribution < 1.29 is 4.79 Å². The lowest BCUT2D eigenvalue weighted by Gasteiger charge is -2.08. The van der Waals surface area contributed by atoms with Gasteiger partial charge in [-0.25, -0.2) is 0 Å². The van der Waals surface area contributed by atoms with Gasteiger partial charge in [0.25, 0.3) is 0 Å². The van der Waals surface area contributed by atoms with E-state index in [9.17, 15) is 4.79 Å². The van der Waals surface area contributed by atoms with Crippen LogP contribution in [0.15, 0.2) is 42.5 Å². The Bertz CT molecular complexity index is 626. The fourth-order valence-electron chi connectivity index (χ4n) is 1.98. The second kappa shape index (κ2) is 6.44. The van der Waals surface area contributed by atoms with Crippen molar-refractivity contribution in [1.82, 2.24) is 0 Å². The number of aryl methyl sites for hydroxylation is 2. The average molecular weight is 289 g/mol. The molecule has 4 heteroatoms. The Balaban J connectivity index is 1.94. The molecule has 3 nitrogen and oxygen atoms in total. The molecule has 2 aromatic rings. The minimum absolute atomic E-state index is 0.0704. The zero-order chi connectivity index (χ0) is 14.5. The number of halogens is 1. The molecule has 0 aliphatic carbocycles. The van der Waals surface area contributed by atoms with Gasteiger partial charge in [0.05, 0.1) is 10.7 Å². The third-order valence-electron chi connectivity index (χ3n) is 2.99. The summed E-state index contributed by atoms with van der Waals surface area (Å²) in [5.74, 6) is -0.0704. The molecule has 1 amide bonds. The molecule has 0 bridgehead atoms. The highest BCUT2D eigenvalue weighted by molar-refractivity contribution is 6.33. The lowest BCUT2D eigenvalue weighted by Crippen LogP contribution is -2.12. The molecule has 0 saturated carbocycles. The summed E-state index contributed by atoms with van der Waals surface area (Å²) in [6, 6.07) is 13.2. The number of hydrogen-bond acceptors (Lipinski definition) is 2. The number of nitrogen functional groups attached to an aromatic ring is 1. The number of nitrogens with two attached hydrogens (primary N) is 1. The van der Waals surface area contributed by atoms with Crippen molar-refractivity contribution in [3.8, 4) is 0 Å². The molecule has 0 spiro atoms. The summed E-state index contributed by atoms with van der Waals surface area (Å²) in [5.41, 5.74) is 9.15. The van der Waals surface area contributed by atoms with E-state index in [1.807, 2.05) is 25.1 Å². The zero-order valence-electron chi connectivity index (χ0n) is 11.3. The van der Waals surface area contributed by atoms with Crippen LogP contribution >= 0.6 is 11.6 Å². The van der Waals surface area contributed by atoms with Crippen LogP contribution in [0.3, 0.4) is 0 Å². The average Bonchev–Trinajstić information content (AvgIpc) is 2.41. The third kappa shape index (κ3) is 4.00. The van der Waals surface area contributed by atoms with E-state index in [0.717, 1.165) is 5.56 Å². The van der Waals surface area contributed by atoms with Crippen LogP contribution in [-0.4, -0.2) is 5.91 Å². The fourth-order valence-corrected chi connectivity index (χ4v) is 2.14. The normalized spacial score (nSPS) is 10.3. The minimum atomic E-state index is -0.0704. The number of carbonyl (C=O) groups excluding carboxylic acids is 1. The maximum Gasteiger partial charge on any atom is 0.224 e. The van der Waals surface area contributed by atoms with Crippen molar-refractivity contribution in [2.75, 3.05) is 11.1 Å². The first kappa shape index (κ1) is 14.4. The number of benzene rings is 2. The second-order valence-corrected chi connectivity index (χ2v) is 5.18. The van der Waals surface area contributed by atoms with Gasteiger partial charge < -0.3 is 11.1 Å². The Morgan fingerprint density at radius 2 is 2.05 bits per heavy atom. The molecule has 0 unspecified atom stereocenters. The number of rotatable bonds is 4. The molecule has 0 radical (unpaired) electrons. The van der Waals surface area contributed by atoms with E-state index >= 15 is 0 Å². The van der Waals surface area contributed by atoms with Crippen molar-refractivity contribution in [3.63, 3.8) is 0 Å². The van der Waals surface area contributed by atoms with Crippen LogP contribution in [0.1, 0.15) is 17.5 Å². The van der Waals surface area contributed by atoms with Crippen molar-refractivity contribution in [2.45, 2.75) is 19.8 Å². The Labute approximate surface area is 123 Å². The van der Waals surface area contributed by atoms with Gasteiger partial charge in [-0.1, -0.05) is 41.4 Å². The maximum absolute atomic E-state index is 11.9. The van der Waals surface area contributed by atoms with Crippen molar-refractivity contribution >= 4 is 28.9 Å². The van der Waals surface area contributed by atoms with E-state index < -0.39 is 0 Å². The zero-order valence-corrected chi connectivity index (χ0v) is 12.1. The predicted octanol–water partition coefficient (Wildman–Crippen LogP) is 3.80. The molecule has 0 aliphatic rings. The highest BCUT2D eigenvalue weighted by atomic mass is 35.5. The van der Waals surface area contributed by atoms with Crippen LogP contribution in [0.4, 0.5) is 11.4 Å². The molecule has 0 saturated heterocycles. The van der Waals surface area contributed by atoms with Crippen LogP contribution in [0.25, 0.3) is 0 Å². The van der Waals surface area contributed by atoms with Gasteiger partial charge in [-0.15, -0.1) is 0 Å². The summed E-state index contributed by atoms with van der Waals surface area (Å²) in [7, 11) is 0. The van der Waals surface area contributed by atoms with E-state index in [4.69, 9.17) is 17.3 Å². The Morgan fingerprint density at radius 1 is 1.25 bits per heavy atom. The highest BCUT2D eigenvalue weighted by Crippen LogP contribution is 2.24. The monoisotopic (exact) mass is 288 g/mol. The molecule has 2 rings (SSSR count). The van der Waals surface area contributed by atoms with Gasteiger partial charge in [0.1, 0.15) is 0 Å². The SMILES string of the molecule is Cc1cccc(CCC(=O)Nc2cc(N)ccc2Cl)c1. The number of amides is 1. The second-order valence-electron chi connectivity index (χ2n) is 4.78. The molecule has 2 aromatic carbocycles. The standard InChI is InChI=1S/C16H17ClN2O/c1-11-3-2-4-12(9-11)5-8-16(20)19-15-10-13(18)6-7-14(15)17/h2-4,6-7,9-10H,5,8,18H2,1H3,(H,19,20). The molecule has 0 aromatic heterocycles. The fraction of sp³-hybridized carbons (Fsp3) is 0.188. The Morgan fingerprint density at radius 3 is 2.80 bits per heavy atom. The van der Waals surface area contributed by atoms with E-state index in [0.29, 0.717) is 29.2 Å². The van der Waals surface area contributed by atoms with Crippen molar-refractivity contribution in [3.05, 3.63) is 58.6 Å². The summed E-state index contributed by atoms with van der Waals surface area (Å²) < 4.78 is 0. The van der Waals surface area contributed by atoms with Crippen molar-refractivity contribution in [1.29, 1.82) is 0 Å². The molecule has 0 atom stereocenters. The molecule has 104 valence electrons. The number of carbonyl (C=O) groups is 1. The first-order valence-electron chi connectivity index (χ1n) is 6.45. The van der Waals surface area contributed by atoms with E-state index in [-0.39, 0.29) is 5.91 Å². The highest BCUT2D eigenvalue weighted by Gasteiger charge is 2.06. The summed E-state index contributed by atoms with van der Waals surface area (Å²) >= 11 is 6.01. The van der Waals surface area contributed by atoms with Gasteiger partial charge in [0.2, 0.25) is 5.91 Å². The molecular weight excluding hydrogens is 272 g/mol. The molecule has 0 aliphatic heterocycles. The molecule has 0 heterocycles. The molecule has 20 heavy (non-hydrogen) atoms. The lowest BCUT2D eigenvalue weighted by atomic mass is 10.1. The van der Waals surface area contributed by atoms with E-state index in [1.54, 1.807) is 18.2 Å². The van der Waals surface area contributed by atoms with Gasteiger partial charge >= 0.3 is 0 Å². The van der Waals surface area contributed by atoms with E-state index in [2.05, 4.69) is 11.4 Å². The lowest BCUT2D eigenvalue weighted by molar-refractivity contribution is -0.116. The summed E-state index contributed by atoms with van der Waals surface area (Å²) in [6.45, 7) is 2.04. The maximum atomic E-state index is 11.9. The Kier molecular flexibility index (Phi) is 4.64. The first-order valence-corrected chi connectivity index (χ1v) is 6.83. The minimum Gasteiger partial charge on any atom is -0.399 e. The summed E-state index contributed by atoms with van der Waals surface area (Å²) in [6.07, 6.45) is 1.11. The van der Waals surface area contributed by atoms with Crippen LogP contribution < -0.4 is 11.1 Å². The number of anilines is 2. The third-order valence-corrected chi connectivity index (χ3v) is 3.32. The van der Waals surface area contributed by atoms with Crippen LogP contribution in [0.5, 0.6) is 0 Å². The van der Waals surface area contributed by atoms with Crippen LogP contribution in [0, 0.1) is 6.92 Å². The summed E-state index contributed by atoms with van der Waals surface area (Å²) in [4.78, 5) is 11.9. The van der Waals surface area contributed by atoms with Crippen LogP contribution in [0.2, 0.25) is 5.02 Å². The van der Waals surface area contributed by atoms with Crippen LogP contribution in [-0.2, 0) is 11.2 Å². The quantitative estimate of drug-likeness (QED) is 0.841. The molecular formula is C16H17ClN2O. The molecule has 3 N–H and O–H groups in total. The predicted molar refractivity (Wildman–Crippen MR) is 84.0 cm³/mol. The molecule has 0 fully saturated rings.